The molecule has 2 aliphatic rings. The SMILES string of the molecule is COCCNC(=O)c1cc(C(=O)Nc2ncc(OC)cc2C)c(C)cc1O[C@H](CN1CCN[C@H](C)C1)c1ccc(C2CC2)cn1. The van der Waals surface area contributed by atoms with Crippen LogP contribution in [-0.2, 0) is 4.74 Å². The molecule has 2 fully saturated rings. The molecule has 2 aromatic heterocycles. The Bertz CT molecular complexity index is 1490. The first-order valence-corrected chi connectivity index (χ1v) is 15.6. The summed E-state index contributed by atoms with van der Waals surface area (Å²) in [4.78, 5) is 38.6. The van der Waals surface area contributed by atoms with Crippen LogP contribution in [0.25, 0.3) is 0 Å². The summed E-state index contributed by atoms with van der Waals surface area (Å²) in [5.74, 6) is 1.26. The van der Waals surface area contributed by atoms with E-state index in [4.69, 9.17) is 19.2 Å². The highest BCUT2D eigenvalue weighted by Gasteiger charge is 2.28. The predicted molar refractivity (Wildman–Crippen MR) is 172 cm³/mol. The van der Waals surface area contributed by atoms with Crippen molar-refractivity contribution in [3.05, 3.63) is 76.2 Å². The molecule has 0 spiro atoms. The number of benzene rings is 1. The third-order valence-electron chi connectivity index (χ3n) is 8.26. The molecule has 3 aromatic rings. The number of amides is 2. The van der Waals surface area contributed by atoms with Crippen molar-refractivity contribution in [2.24, 2.45) is 0 Å². The number of aryl methyl sites for hydroxylation is 2. The van der Waals surface area contributed by atoms with Gasteiger partial charge in [0.15, 0.2) is 6.10 Å². The second-order valence-electron chi connectivity index (χ2n) is 11.9. The fourth-order valence-electron chi connectivity index (χ4n) is 5.55. The highest BCUT2D eigenvalue weighted by atomic mass is 16.5. The average Bonchev–Trinajstić information content (AvgIpc) is 3.88. The van der Waals surface area contributed by atoms with Gasteiger partial charge in [-0.2, -0.15) is 0 Å². The van der Waals surface area contributed by atoms with Crippen LogP contribution in [0.1, 0.15) is 74.9 Å². The van der Waals surface area contributed by atoms with E-state index < -0.39 is 6.10 Å². The monoisotopic (exact) mass is 616 g/mol. The molecule has 3 heterocycles. The molecule has 45 heavy (non-hydrogen) atoms. The van der Waals surface area contributed by atoms with Gasteiger partial charge in [0.1, 0.15) is 17.3 Å². The van der Waals surface area contributed by atoms with Crippen LogP contribution in [0.4, 0.5) is 5.82 Å². The summed E-state index contributed by atoms with van der Waals surface area (Å²) in [7, 11) is 3.14. The molecular formula is C34H44N6O5. The Morgan fingerprint density at radius 3 is 2.53 bits per heavy atom. The first kappa shape index (κ1) is 32.3. The molecule has 1 saturated carbocycles. The summed E-state index contributed by atoms with van der Waals surface area (Å²) < 4.78 is 17.1. The number of anilines is 1. The van der Waals surface area contributed by atoms with Crippen LogP contribution < -0.4 is 25.4 Å². The minimum Gasteiger partial charge on any atom is -0.495 e. The molecule has 0 radical (unpaired) electrons. The summed E-state index contributed by atoms with van der Waals surface area (Å²) in [5, 5.41) is 9.26. The van der Waals surface area contributed by atoms with Gasteiger partial charge in [-0.25, -0.2) is 4.98 Å². The summed E-state index contributed by atoms with van der Waals surface area (Å²) in [5.41, 5.74) is 4.07. The van der Waals surface area contributed by atoms with Crippen LogP contribution in [-0.4, -0.2) is 86.3 Å². The van der Waals surface area contributed by atoms with Crippen molar-refractivity contribution >= 4 is 17.6 Å². The lowest BCUT2D eigenvalue weighted by Gasteiger charge is -2.34. The number of aromatic nitrogens is 2. The van der Waals surface area contributed by atoms with Crippen molar-refractivity contribution in [1.29, 1.82) is 0 Å². The van der Waals surface area contributed by atoms with Crippen LogP contribution in [0.3, 0.4) is 0 Å². The number of carbonyl (C=O) groups excluding carboxylic acids is 2. The van der Waals surface area contributed by atoms with Gasteiger partial charge in [0.2, 0.25) is 0 Å². The zero-order chi connectivity index (χ0) is 31.9. The lowest BCUT2D eigenvalue weighted by molar-refractivity contribution is 0.0912. The van der Waals surface area contributed by atoms with E-state index in [0.717, 1.165) is 30.9 Å². The summed E-state index contributed by atoms with van der Waals surface area (Å²) >= 11 is 0. The van der Waals surface area contributed by atoms with E-state index in [2.05, 4.69) is 38.8 Å². The standard InChI is InChI=1S/C34H44N6O5/c1-21-15-30(45-31(20-40-12-10-35-23(3)19-40)29-9-8-25(17-37-29)24-6-7-24)28(33(41)36-11-13-43-4)16-27(21)34(42)39-32-22(2)14-26(44-5)18-38-32/h8-9,14-18,23-24,31,35H,6-7,10-13,19-20H2,1-5H3,(H,36,41)(H,38,39,42)/t23-,31-/m1/s1. The number of methoxy groups -OCH3 is 2. The maximum atomic E-state index is 13.5. The van der Waals surface area contributed by atoms with Crippen molar-refractivity contribution in [3.8, 4) is 11.5 Å². The molecule has 240 valence electrons. The van der Waals surface area contributed by atoms with Crippen LogP contribution in [0.15, 0.2) is 42.7 Å². The summed E-state index contributed by atoms with van der Waals surface area (Å²) in [6.45, 7) is 9.76. The van der Waals surface area contributed by atoms with E-state index in [1.807, 2.05) is 26.1 Å². The Hall–Kier alpha value is -4.06. The number of hydrogen-bond acceptors (Lipinski definition) is 9. The molecule has 2 atom stereocenters. The van der Waals surface area contributed by atoms with Gasteiger partial charge >= 0.3 is 0 Å². The van der Waals surface area contributed by atoms with Gasteiger partial charge < -0.3 is 30.2 Å². The second-order valence-corrected chi connectivity index (χ2v) is 11.9. The Kier molecular flexibility index (Phi) is 10.6. The van der Waals surface area contributed by atoms with Gasteiger partial charge in [0.05, 0.1) is 31.2 Å². The number of hydrogen-bond donors (Lipinski definition) is 3. The van der Waals surface area contributed by atoms with Gasteiger partial charge in [-0.3, -0.25) is 19.5 Å². The number of nitrogens with zero attached hydrogens (tertiary/aromatic N) is 3. The molecule has 1 aliphatic heterocycles. The second kappa shape index (κ2) is 14.8. The van der Waals surface area contributed by atoms with E-state index in [1.165, 1.54) is 18.4 Å². The summed E-state index contributed by atoms with van der Waals surface area (Å²) in [6.07, 6.45) is 5.48. The maximum Gasteiger partial charge on any atom is 0.257 e. The lowest BCUT2D eigenvalue weighted by Crippen LogP contribution is -2.50. The van der Waals surface area contributed by atoms with E-state index >= 15 is 0 Å². The molecule has 1 saturated heterocycles. The van der Waals surface area contributed by atoms with Crippen molar-refractivity contribution in [2.75, 3.05) is 58.9 Å². The number of ether oxygens (including phenoxy) is 3. The molecular weight excluding hydrogens is 572 g/mol. The highest BCUT2D eigenvalue weighted by Crippen LogP contribution is 2.40. The first-order valence-electron chi connectivity index (χ1n) is 15.6. The molecule has 0 unspecified atom stereocenters. The molecule has 5 rings (SSSR count). The Morgan fingerprint density at radius 1 is 1.04 bits per heavy atom. The zero-order valence-electron chi connectivity index (χ0n) is 26.8. The van der Waals surface area contributed by atoms with Crippen molar-refractivity contribution in [2.45, 2.75) is 51.7 Å². The molecule has 3 N–H and O–H groups in total. The van der Waals surface area contributed by atoms with Gasteiger partial charge in [-0.05, 0) is 80.5 Å². The van der Waals surface area contributed by atoms with Crippen LogP contribution in [0.2, 0.25) is 0 Å². The predicted octanol–water partition coefficient (Wildman–Crippen LogP) is 4.02. The van der Waals surface area contributed by atoms with E-state index in [9.17, 15) is 9.59 Å². The van der Waals surface area contributed by atoms with Crippen LogP contribution in [0.5, 0.6) is 11.5 Å². The largest absolute Gasteiger partial charge is 0.495 e. The van der Waals surface area contributed by atoms with E-state index in [0.29, 0.717) is 60.1 Å². The maximum absolute atomic E-state index is 13.5. The van der Waals surface area contributed by atoms with Crippen molar-refractivity contribution < 1.29 is 23.8 Å². The minimum absolute atomic E-state index is 0.259. The molecule has 1 aromatic carbocycles. The van der Waals surface area contributed by atoms with Crippen molar-refractivity contribution in [1.82, 2.24) is 25.5 Å². The van der Waals surface area contributed by atoms with Gasteiger partial charge in [0.25, 0.3) is 11.8 Å². The Labute approximate surface area is 265 Å². The minimum atomic E-state index is -0.431. The first-order chi connectivity index (χ1) is 21.7. The third kappa shape index (κ3) is 8.36. The number of nitrogens with one attached hydrogen (secondary N) is 3. The number of carbonyl (C=O) groups is 2. The van der Waals surface area contributed by atoms with Crippen LogP contribution in [0, 0.1) is 13.8 Å². The molecule has 2 amide bonds. The fourth-order valence-corrected chi connectivity index (χ4v) is 5.55. The van der Waals surface area contributed by atoms with Crippen molar-refractivity contribution in [3.63, 3.8) is 0 Å². The van der Waals surface area contributed by atoms with Gasteiger partial charge in [0, 0.05) is 57.6 Å². The smallest absolute Gasteiger partial charge is 0.257 e. The third-order valence-corrected chi connectivity index (χ3v) is 8.26. The fraction of sp³-hybridized carbons (Fsp3) is 0.471. The normalized spacial score (nSPS) is 17.4. The van der Waals surface area contributed by atoms with Gasteiger partial charge in [-0.15, -0.1) is 0 Å². The summed E-state index contributed by atoms with van der Waals surface area (Å²) in [6, 6.07) is 9.70. The molecule has 11 nitrogen and oxygen atoms in total. The lowest BCUT2D eigenvalue weighted by atomic mass is 10.0. The number of pyridine rings is 2. The van der Waals surface area contributed by atoms with Gasteiger partial charge in [-0.1, -0.05) is 6.07 Å². The Balaban J connectivity index is 1.46. The van der Waals surface area contributed by atoms with Crippen LogP contribution >= 0.6 is 0 Å². The number of rotatable bonds is 13. The molecule has 0 bridgehead atoms. The quantitative estimate of drug-likeness (QED) is 0.244. The topological polar surface area (TPSA) is 127 Å². The highest BCUT2D eigenvalue weighted by molar-refractivity contribution is 6.07. The Morgan fingerprint density at radius 2 is 1.87 bits per heavy atom. The molecule has 1 aliphatic carbocycles. The molecule has 11 heteroatoms. The van der Waals surface area contributed by atoms with E-state index in [1.54, 1.807) is 38.6 Å². The zero-order valence-corrected chi connectivity index (χ0v) is 26.8. The average molecular weight is 617 g/mol. The number of piperazine rings is 1. The van der Waals surface area contributed by atoms with E-state index in [-0.39, 0.29) is 17.4 Å².